The van der Waals surface area contributed by atoms with E-state index in [1.807, 2.05) is 19.1 Å². The SMILES string of the molecule is CO[C@@H]1[C@H](O[C@@H]2CO[C@@H](O[C@@H]3[C@@H](O)[C@H](O)CO[C@H]3N3C(=O)\C(=C(O)/C=C/C=C/C=C/C=C/C=C(Cl)/C=C/C=C/[C@H]4O[C@H](C)C[C@@H]4Cl)C(=O)[C@@H]3CC(N)=O)[C@@H](O)[C@@H]2O)O[C@H](C)[C@H]1O. The summed E-state index contributed by atoms with van der Waals surface area (Å²) in [6, 6.07) is -1.63. The lowest BCUT2D eigenvalue weighted by molar-refractivity contribution is -0.338. The average Bonchev–Trinajstić information content (AvgIpc) is 3.79. The van der Waals surface area contributed by atoms with Crippen molar-refractivity contribution in [2.24, 2.45) is 5.73 Å². The Hall–Kier alpha value is -3.57. The highest BCUT2D eigenvalue weighted by Gasteiger charge is 2.56. The molecule has 62 heavy (non-hydrogen) atoms. The largest absolute Gasteiger partial charge is 0.507 e. The number of nitrogens with two attached hydrogens (primary N) is 1. The first-order chi connectivity index (χ1) is 29.5. The van der Waals surface area contributed by atoms with Crippen molar-refractivity contribution in [3.63, 3.8) is 0 Å². The maximum Gasteiger partial charge on any atom is 0.264 e. The topological polar surface area (TPSA) is 266 Å². The fraction of sp³-hybridized carbons (Fsp3) is 0.548. The zero-order valence-electron chi connectivity index (χ0n) is 34.1. The van der Waals surface area contributed by atoms with Crippen LogP contribution in [0.15, 0.2) is 95.4 Å². The summed E-state index contributed by atoms with van der Waals surface area (Å²) in [6.45, 7) is 2.61. The lowest BCUT2D eigenvalue weighted by atomic mass is 10.0. The third-order valence-corrected chi connectivity index (χ3v) is 11.3. The number of aliphatic hydroxyl groups is 6. The van der Waals surface area contributed by atoms with Crippen molar-refractivity contribution < 1.29 is 78.2 Å². The van der Waals surface area contributed by atoms with Gasteiger partial charge in [-0.2, -0.15) is 0 Å². The number of likely N-dealkylation sites (tertiary alicyclic amines) is 1. The lowest BCUT2D eigenvalue weighted by Gasteiger charge is -2.46. The van der Waals surface area contributed by atoms with Gasteiger partial charge < -0.3 is 69.5 Å². The molecule has 0 aromatic rings. The monoisotopic (exact) mass is 912 g/mol. The van der Waals surface area contributed by atoms with E-state index < -0.39 is 128 Å². The van der Waals surface area contributed by atoms with E-state index in [1.54, 1.807) is 55.5 Å². The van der Waals surface area contributed by atoms with Crippen molar-refractivity contribution in [1.82, 2.24) is 4.90 Å². The molecule has 0 aromatic carbocycles. The summed E-state index contributed by atoms with van der Waals surface area (Å²) >= 11 is 12.5. The summed E-state index contributed by atoms with van der Waals surface area (Å²) in [5.41, 5.74) is 4.72. The van der Waals surface area contributed by atoms with Crippen LogP contribution in [0.2, 0.25) is 0 Å². The number of rotatable bonds is 16. The van der Waals surface area contributed by atoms with Crippen LogP contribution in [0.1, 0.15) is 26.7 Å². The van der Waals surface area contributed by atoms with E-state index in [9.17, 15) is 45.0 Å². The number of ketones is 1. The molecule has 16 atom stereocenters. The first-order valence-corrected chi connectivity index (χ1v) is 20.7. The van der Waals surface area contributed by atoms with E-state index >= 15 is 0 Å². The standard InChI is InChI=1S/C42H54Cl2N2O16/c1-21-17-24(44)28(59-21)16-12-11-14-23(43)13-9-7-5-4-6-8-10-15-26(47)31-33(51)25(18-30(45)49)46(39(31)55)40-37(34(52)27(48)19-57-40)62-41-36(54)35(53)29(20-58-41)61-42-38(56-3)32(50)22(2)60-42/h4-16,21-22,24-25,27-29,32,34-38,40-42,47-48,50,52-54H,17-20H2,1-3H3,(H2,45,49)/b5-4+,8-6+,9-7+,14-11+,15-10+,16-12+,23-13-,31-26+/t21-,22-,24+,25+,27-,28-,29-,32-,34+,35-,36+,37-,38+,40-,41+,42+/m1/s1. The Morgan fingerprint density at radius 1 is 0.839 bits per heavy atom. The predicted molar refractivity (Wildman–Crippen MR) is 221 cm³/mol. The third-order valence-electron chi connectivity index (χ3n) is 10.6. The number of allylic oxidation sites excluding steroid dienone is 13. The van der Waals surface area contributed by atoms with Crippen LogP contribution in [0.4, 0.5) is 0 Å². The summed E-state index contributed by atoms with van der Waals surface area (Å²) in [5.74, 6) is -3.84. The van der Waals surface area contributed by atoms with Crippen LogP contribution in [-0.2, 0) is 47.5 Å². The van der Waals surface area contributed by atoms with Crippen molar-refractivity contribution >= 4 is 40.8 Å². The van der Waals surface area contributed by atoms with Crippen molar-refractivity contribution in [2.75, 3.05) is 20.3 Å². The van der Waals surface area contributed by atoms with Crippen LogP contribution < -0.4 is 5.73 Å². The summed E-state index contributed by atoms with van der Waals surface area (Å²) < 4.78 is 39.5. The second-order valence-corrected chi connectivity index (χ2v) is 16.1. The van der Waals surface area contributed by atoms with Crippen molar-refractivity contribution in [3.05, 3.63) is 95.4 Å². The molecule has 5 rings (SSSR count). The predicted octanol–water partition coefficient (Wildman–Crippen LogP) is 0.746. The third kappa shape index (κ3) is 12.2. The molecule has 5 heterocycles. The van der Waals surface area contributed by atoms with E-state index in [2.05, 4.69) is 0 Å². The van der Waals surface area contributed by atoms with Crippen molar-refractivity contribution in [3.8, 4) is 0 Å². The number of nitrogens with zero attached hydrogens (tertiary/aromatic N) is 1. The zero-order valence-corrected chi connectivity index (χ0v) is 35.6. The van der Waals surface area contributed by atoms with E-state index in [1.165, 1.54) is 19.3 Å². The number of aliphatic hydroxyl groups excluding tert-OH is 6. The molecule has 0 spiro atoms. The van der Waals surface area contributed by atoms with Gasteiger partial charge in [-0.3, -0.25) is 19.3 Å². The molecule has 0 aromatic heterocycles. The van der Waals surface area contributed by atoms with Crippen LogP contribution in [0, 0.1) is 0 Å². The molecule has 0 unspecified atom stereocenters. The highest BCUT2D eigenvalue weighted by Crippen LogP contribution is 2.35. The highest BCUT2D eigenvalue weighted by molar-refractivity contribution is 6.31. The minimum absolute atomic E-state index is 0.0647. The number of Topliss-reactive ketones (excluding diaryl/α,β-unsaturated/α-hetero) is 1. The Bertz CT molecular complexity index is 1830. The number of hydrogen-bond acceptors (Lipinski definition) is 16. The molecular formula is C42H54Cl2N2O16. The Labute approximate surface area is 368 Å². The Morgan fingerprint density at radius 2 is 1.52 bits per heavy atom. The fourth-order valence-corrected chi connectivity index (χ4v) is 7.88. The smallest absolute Gasteiger partial charge is 0.264 e. The van der Waals surface area contributed by atoms with Crippen LogP contribution in [-0.4, -0.2) is 171 Å². The number of carbonyl (C=O) groups excluding carboxylic acids is 3. The van der Waals surface area contributed by atoms with Crippen LogP contribution in [0.5, 0.6) is 0 Å². The molecule has 18 nitrogen and oxygen atoms in total. The number of methoxy groups -OCH3 is 1. The Balaban J connectivity index is 1.22. The van der Waals surface area contributed by atoms with Crippen LogP contribution >= 0.6 is 23.2 Å². The fourth-order valence-electron chi connectivity index (χ4n) is 7.34. The molecule has 0 aliphatic carbocycles. The molecule has 2 amide bonds. The minimum Gasteiger partial charge on any atom is -0.507 e. The molecule has 5 saturated heterocycles. The molecule has 0 bridgehead atoms. The summed E-state index contributed by atoms with van der Waals surface area (Å²) in [7, 11) is 1.34. The molecule has 8 N–H and O–H groups in total. The van der Waals surface area contributed by atoms with Gasteiger partial charge in [0.2, 0.25) is 5.91 Å². The van der Waals surface area contributed by atoms with Gasteiger partial charge in [0.25, 0.3) is 5.91 Å². The number of alkyl halides is 1. The molecule has 5 fully saturated rings. The minimum atomic E-state index is -1.86. The number of ether oxygens (including phenoxy) is 7. The first-order valence-electron chi connectivity index (χ1n) is 19.9. The average molecular weight is 914 g/mol. The zero-order chi connectivity index (χ0) is 45.2. The molecule has 0 radical (unpaired) electrons. The van der Waals surface area contributed by atoms with Crippen molar-refractivity contribution in [2.45, 2.75) is 124 Å². The van der Waals surface area contributed by atoms with Gasteiger partial charge in [-0.1, -0.05) is 72.4 Å². The number of hydrogen-bond donors (Lipinski definition) is 7. The normalized spacial score (nSPS) is 39.7. The van der Waals surface area contributed by atoms with E-state index in [0.29, 0.717) is 5.03 Å². The van der Waals surface area contributed by atoms with Gasteiger partial charge in [0.1, 0.15) is 66.2 Å². The second-order valence-electron chi connectivity index (χ2n) is 15.1. The summed E-state index contributed by atoms with van der Waals surface area (Å²) in [4.78, 5) is 40.4. The van der Waals surface area contributed by atoms with Crippen LogP contribution in [0.3, 0.4) is 0 Å². The van der Waals surface area contributed by atoms with Gasteiger partial charge in [-0.15, -0.1) is 11.6 Å². The molecule has 5 aliphatic heterocycles. The quantitative estimate of drug-likeness (QED) is 0.0370. The number of amides is 2. The maximum atomic E-state index is 13.9. The van der Waals surface area contributed by atoms with Gasteiger partial charge in [0.15, 0.2) is 24.6 Å². The lowest BCUT2D eigenvalue weighted by Crippen LogP contribution is -2.65. The van der Waals surface area contributed by atoms with Gasteiger partial charge in [0, 0.05) is 12.1 Å². The van der Waals surface area contributed by atoms with Gasteiger partial charge in [-0.25, -0.2) is 0 Å². The number of halogens is 2. The number of primary amides is 1. The maximum absolute atomic E-state index is 13.9. The summed E-state index contributed by atoms with van der Waals surface area (Å²) in [5, 5.41) is 65.2. The van der Waals surface area contributed by atoms with E-state index in [-0.39, 0.29) is 17.6 Å². The van der Waals surface area contributed by atoms with Crippen LogP contribution in [0.25, 0.3) is 0 Å². The van der Waals surface area contributed by atoms with Gasteiger partial charge in [-0.05, 0) is 38.5 Å². The van der Waals surface area contributed by atoms with E-state index in [4.69, 9.17) is 62.1 Å². The Kier molecular flexibility index (Phi) is 18.2. The second kappa shape index (κ2) is 22.9. The van der Waals surface area contributed by atoms with Crippen molar-refractivity contribution in [1.29, 1.82) is 0 Å². The van der Waals surface area contributed by atoms with Gasteiger partial charge in [0.05, 0.1) is 43.3 Å². The van der Waals surface area contributed by atoms with E-state index in [0.717, 1.165) is 17.4 Å². The van der Waals surface area contributed by atoms with Gasteiger partial charge >= 0.3 is 0 Å². The first kappa shape index (κ1) is 49.4. The molecule has 5 aliphatic rings. The molecule has 0 saturated carbocycles. The number of carbonyl (C=O) groups is 3. The highest BCUT2D eigenvalue weighted by atomic mass is 35.5. The summed E-state index contributed by atoms with van der Waals surface area (Å²) in [6.07, 6.45) is 4.23. The molecular weight excluding hydrogens is 859 g/mol. The Morgan fingerprint density at radius 3 is 2.18 bits per heavy atom. The molecule has 20 heteroatoms. The molecule has 342 valence electrons.